The van der Waals surface area contributed by atoms with Crippen LogP contribution in [0.1, 0.15) is 30.0 Å². The molecule has 3 heterocycles. The van der Waals surface area contributed by atoms with Gasteiger partial charge in [-0.1, -0.05) is 5.16 Å². The molecule has 8 nitrogen and oxygen atoms in total. The number of nitrogens with zero attached hydrogens (tertiary/aromatic N) is 4. The molecule has 35 heavy (non-hydrogen) atoms. The van der Waals surface area contributed by atoms with Crippen molar-refractivity contribution in [2.75, 3.05) is 6.61 Å². The molecule has 1 aliphatic rings. The van der Waals surface area contributed by atoms with Crippen molar-refractivity contribution in [1.82, 2.24) is 14.7 Å². The Morgan fingerprint density at radius 2 is 2.03 bits per heavy atom. The predicted octanol–water partition coefficient (Wildman–Crippen LogP) is 5.13. The van der Waals surface area contributed by atoms with Gasteiger partial charge in [0.25, 0.3) is 5.89 Å². The minimum Gasteiger partial charge on any atom is -0.483 e. The van der Waals surface area contributed by atoms with Crippen LogP contribution in [0.4, 0.5) is 13.2 Å². The summed E-state index contributed by atoms with van der Waals surface area (Å²) in [5.41, 5.74) is 2.93. The summed E-state index contributed by atoms with van der Waals surface area (Å²) in [5, 5.41) is 23.4. The highest BCUT2D eigenvalue weighted by atomic mass is 19.4. The number of hydrogen-bond donors (Lipinski definition) is 1. The number of carboxylic acids is 1. The first-order valence-corrected chi connectivity index (χ1v) is 10.6. The Bertz CT molecular complexity index is 1480. The van der Waals surface area contributed by atoms with Crippen molar-refractivity contribution in [2.24, 2.45) is 0 Å². The molecule has 0 saturated heterocycles. The van der Waals surface area contributed by atoms with Gasteiger partial charge in [0.1, 0.15) is 11.8 Å². The molecule has 1 atom stereocenters. The van der Waals surface area contributed by atoms with E-state index in [4.69, 9.17) is 14.4 Å². The lowest BCUT2D eigenvalue weighted by molar-refractivity contribution is -0.153. The summed E-state index contributed by atoms with van der Waals surface area (Å²) in [5.74, 6) is -0.654. The molecule has 0 radical (unpaired) electrons. The van der Waals surface area contributed by atoms with Crippen molar-refractivity contribution in [3.8, 4) is 34.7 Å². The van der Waals surface area contributed by atoms with Crippen molar-refractivity contribution < 1.29 is 32.3 Å². The second-order valence-electron chi connectivity index (χ2n) is 8.23. The van der Waals surface area contributed by atoms with Crippen molar-refractivity contribution in [3.05, 3.63) is 53.7 Å². The van der Waals surface area contributed by atoms with Gasteiger partial charge in [0.2, 0.25) is 5.82 Å². The molecular weight excluding hydrogens is 465 g/mol. The molecule has 0 spiro atoms. The Morgan fingerprint density at radius 1 is 1.23 bits per heavy atom. The highest BCUT2D eigenvalue weighted by Gasteiger charge is 2.29. The fourth-order valence-electron chi connectivity index (χ4n) is 4.36. The number of halogens is 3. The Kier molecular flexibility index (Phi) is 5.43. The summed E-state index contributed by atoms with van der Waals surface area (Å²) in [4.78, 5) is 15.5. The largest absolute Gasteiger partial charge is 0.483 e. The van der Waals surface area contributed by atoms with Crippen LogP contribution in [0.5, 0.6) is 5.75 Å². The topological polar surface area (TPSA) is 114 Å². The van der Waals surface area contributed by atoms with Crippen LogP contribution in [0.2, 0.25) is 0 Å². The average Bonchev–Trinajstić information content (AvgIpc) is 3.53. The molecule has 4 aromatic rings. The zero-order chi connectivity index (χ0) is 24.7. The third-order valence-corrected chi connectivity index (χ3v) is 5.90. The number of rotatable bonds is 6. The number of aromatic nitrogens is 3. The van der Waals surface area contributed by atoms with Crippen LogP contribution in [0.15, 0.2) is 47.0 Å². The number of carbonyl (C=O) groups is 1. The number of ether oxygens (including phenoxy) is 1. The van der Waals surface area contributed by atoms with E-state index in [1.807, 2.05) is 30.3 Å². The van der Waals surface area contributed by atoms with Crippen LogP contribution < -0.4 is 4.74 Å². The molecule has 0 saturated carbocycles. The van der Waals surface area contributed by atoms with Gasteiger partial charge in [-0.05, 0) is 48.9 Å². The van der Waals surface area contributed by atoms with Gasteiger partial charge in [-0.15, -0.1) is 0 Å². The Hall–Kier alpha value is -4.33. The number of aliphatic carboxylic acids is 1. The van der Waals surface area contributed by atoms with Crippen molar-refractivity contribution >= 4 is 16.9 Å². The molecule has 0 amide bonds. The molecule has 178 valence electrons. The Labute approximate surface area is 196 Å². The van der Waals surface area contributed by atoms with Crippen LogP contribution in [-0.4, -0.2) is 38.6 Å². The van der Waals surface area contributed by atoms with E-state index in [2.05, 4.69) is 14.7 Å². The summed E-state index contributed by atoms with van der Waals surface area (Å²) >= 11 is 0. The van der Waals surface area contributed by atoms with Gasteiger partial charge >= 0.3 is 12.1 Å². The van der Waals surface area contributed by atoms with E-state index < -0.39 is 18.8 Å². The van der Waals surface area contributed by atoms with Crippen LogP contribution in [0.25, 0.3) is 33.7 Å². The zero-order valence-electron chi connectivity index (χ0n) is 18.0. The lowest BCUT2D eigenvalue weighted by Crippen LogP contribution is -2.19. The maximum absolute atomic E-state index is 12.4. The average molecular weight is 482 g/mol. The maximum atomic E-state index is 12.4. The SMILES string of the molecule is N#Cc1cc(-c2nc(-c3ccc4c(c3)cc3n4CCC3CC(=O)O)no2)ccc1OCC(F)(F)F. The van der Waals surface area contributed by atoms with Gasteiger partial charge in [-0.2, -0.15) is 23.4 Å². The Balaban J connectivity index is 1.41. The first kappa shape index (κ1) is 22.5. The summed E-state index contributed by atoms with van der Waals surface area (Å²) in [6, 6.07) is 13.5. The minimum atomic E-state index is -4.52. The molecule has 2 aromatic heterocycles. The summed E-state index contributed by atoms with van der Waals surface area (Å²) in [7, 11) is 0. The number of fused-ring (bicyclic) bond motifs is 3. The van der Waals surface area contributed by atoms with E-state index in [0.717, 1.165) is 29.6 Å². The van der Waals surface area contributed by atoms with E-state index in [1.165, 1.54) is 18.2 Å². The van der Waals surface area contributed by atoms with E-state index in [1.54, 1.807) is 0 Å². The van der Waals surface area contributed by atoms with Gasteiger partial charge in [0.15, 0.2) is 6.61 Å². The third-order valence-electron chi connectivity index (χ3n) is 5.90. The van der Waals surface area contributed by atoms with Crippen LogP contribution in [0.3, 0.4) is 0 Å². The fraction of sp³-hybridized carbons (Fsp3) is 0.250. The lowest BCUT2D eigenvalue weighted by atomic mass is 10.0. The number of carboxylic acid groups (broad SMARTS) is 1. The van der Waals surface area contributed by atoms with E-state index in [0.29, 0.717) is 17.0 Å². The monoisotopic (exact) mass is 482 g/mol. The summed E-state index contributed by atoms with van der Waals surface area (Å²) < 4.78 is 49.5. The second-order valence-corrected chi connectivity index (χ2v) is 8.23. The molecule has 1 aliphatic heterocycles. The van der Waals surface area contributed by atoms with Gasteiger partial charge in [-0.25, -0.2) is 0 Å². The summed E-state index contributed by atoms with van der Waals surface area (Å²) in [6.45, 7) is -0.749. The van der Waals surface area contributed by atoms with Crippen molar-refractivity contribution in [3.63, 3.8) is 0 Å². The molecule has 11 heteroatoms. The van der Waals surface area contributed by atoms with Gasteiger partial charge in [-0.3, -0.25) is 4.79 Å². The van der Waals surface area contributed by atoms with Gasteiger partial charge < -0.3 is 18.9 Å². The lowest BCUT2D eigenvalue weighted by Gasteiger charge is -2.10. The number of hydrogen-bond acceptors (Lipinski definition) is 6. The molecule has 5 rings (SSSR count). The highest BCUT2D eigenvalue weighted by molar-refractivity contribution is 5.86. The standard InChI is InChI=1S/C24H17F3N4O4/c25-24(26,27)12-34-20-4-2-15(8-17(20)11-28)23-29-22(30-35-23)14-1-3-18-16(7-14)9-19-13(10-21(32)33)5-6-31(18)19/h1-4,7-9,13H,5-6,10,12H2,(H,32,33). The molecule has 1 N–H and O–H groups in total. The molecule has 0 bridgehead atoms. The zero-order valence-corrected chi connectivity index (χ0v) is 18.0. The van der Waals surface area contributed by atoms with E-state index in [9.17, 15) is 23.2 Å². The first-order chi connectivity index (χ1) is 16.7. The second kappa shape index (κ2) is 8.47. The summed E-state index contributed by atoms with van der Waals surface area (Å²) in [6.07, 6.45) is -3.65. The maximum Gasteiger partial charge on any atom is 0.422 e. The van der Waals surface area contributed by atoms with E-state index in [-0.39, 0.29) is 29.5 Å². The predicted molar refractivity (Wildman–Crippen MR) is 117 cm³/mol. The molecule has 1 unspecified atom stereocenters. The highest BCUT2D eigenvalue weighted by Crippen LogP contribution is 2.37. The number of benzene rings is 2. The first-order valence-electron chi connectivity index (χ1n) is 10.6. The molecular formula is C24H17F3N4O4. The van der Waals surface area contributed by atoms with E-state index >= 15 is 0 Å². The minimum absolute atomic E-state index is 0.0301. The molecule has 0 aliphatic carbocycles. The number of nitriles is 1. The Morgan fingerprint density at radius 3 is 2.77 bits per heavy atom. The molecule has 0 fully saturated rings. The van der Waals surface area contributed by atoms with Crippen LogP contribution in [0, 0.1) is 11.3 Å². The molecule has 2 aromatic carbocycles. The van der Waals surface area contributed by atoms with Crippen molar-refractivity contribution in [2.45, 2.75) is 31.5 Å². The fourth-order valence-corrected chi connectivity index (χ4v) is 4.36. The quantitative estimate of drug-likeness (QED) is 0.405. The number of alkyl halides is 3. The van der Waals surface area contributed by atoms with Gasteiger partial charge in [0.05, 0.1) is 12.0 Å². The van der Waals surface area contributed by atoms with Gasteiger partial charge in [0, 0.05) is 40.2 Å². The van der Waals surface area contributed by atoms with Crippen LogP contribution in [-0.2, 0) is 11.3 Å². The smallest absolute Gasteiger partial charge is 0.422 e. The van der Waals surface area contributed by atoms with Crippen LogP contribution >= 0.6 is 0 Å². The van der Waals surface area contributed by atoms with Crippen molar-refractivity contribution in [1.29, 1.82) is 5.26 Å². The number of aryl methyl sites for hydroxylation is 1. The third kappa shape index (κ3) is 4.42. The normalized spacial score (nSPS) is 15.2.